The van der Waals surface area contributed by atoms with E-state index in [1.54, 1.807) is 24.3 Å². The quantitative estimate of drug-likeness (QED) is 0.595. The van der Waals surface area contributed by atoms with E-state index in [1.165, 1.54) is 0 Å². The standard InChI is InChI=1S/2C12H5O.Fe/c2*13-12(11-8-4-5-9-11)10-6-2-1-3-7-10;/h2*1-3,6-7H;. The van der Waals surface area contributed by atoms with Crippen molar-refractivity contribution in [1.82, 2.24) is 0 Å². The van der Waals surface area contributed by atoms with Gasteiger partial charge in [-0.25, -0.2) is 0 Å². The van der Waals surface area contributed by atoms with Gasteiger partial charge in [0.1, 0.15) is 0 Å². The summed E-state index contributed by atoms with van der Waals surface area (Å²) in [6.45, 7) is 0. The molecule has 2 aromatic rings. The van der Waals surface area contributed by atoms with Crippen LogP contribution in [0.5, 0.6) is 0 Å². The summed E-state index contributed by atoms with van der Waals surface area (Å²) in [5.41, 5.74) is 1.28. The normalized spacial score (nSPS) is 16.9. The molecule has 0 saturated heterocycles. The van der Waals surface area contributed by atoms with E-state index in [1.807, 2.05) is 36.4 Å². The van der Waals surface area contributed by atoms with E-state index in [0.29, 0.717) is 23.0 Å². The van der Waals surface area contributed by atoms with Gasteiger partial charge in [-0.1, -0.05) is 60.7 Å². The minimum atomic E-state index is -0.0851. The topological polar surface area (TPSA) is 34.1 Å². The van der Waals surface area contributed by atoms with Crippen molar-refractivity contribution in [2.24, 2.45) is 0 Å². The first-order valence-electron chi connectivity index (χ1n) is 7.73. The maximum Gasteiger partial charge on any atom is 0.171 e. The summed E-state index contributed by atoms with van der Waals surface area (Å²) in [6.07, 6.45) is 20.8. The zero-order chi connectivity index (χ0) is 18.2. The van der Waals surface area contributed by atoms with Gasteiger partial charge in [0.25, 0.3) is 0 Å². The van der Waals surface area contributed by atoms with Crippen LogP contribution < -0.4 is 0 Å². The summed E-state index contributed by atoms with van der Waals surface area (Å²) in [6, 6.07) is 18.1. The second-order valence-corrected chi connectivity index (χ2v) is 5.14. The van der Waals surface area contributed by atoms with Gasteiger partial charge in [0.2, 0.25) is 0 Å². The van der Waals surface area contributed by atoms with Crippen molar-refractivity contribution in [2.45, 2.75) is 0 Å². The first-order chi connectivity index (χ1) is 12.8. The van der Waals surface area contributed by atoms with Crippen molar-refractivity contribution in [2.75, 3.05) is 0 Å². The second-order valence-electron chi connectivity index (χ2n) is 5.14. The van der Waals surface area contributed by atoms with Crippen LogP contribution in [-0.2, 0) is 17.1 Å². The molecular weight excluding hydrogens is 376 g/mol. The van der Waals surface area contributed by atoms with Crippen molar-refractivity contribution < 1.29 is 26.7 Å². The van der Waals surface area contributed by atoms with E-state index in [4.69, 9.17) is 0 Å². The number of rotatable bonds is 4. The number of hydrogen-bond donors (Lipinski definition) is 0. The van der Waals surface area contributed by atoms with Gasteiger partial charge >= 0.3 is 0 Å². The van der Waals surface area contributed by atoms with Crippen LogP contribution in [0.3, 0.4) is 0 Å². The van der Waals surface area contributed by atoms with Gasteiger partial charge in [0, 0.05) is 79.6 Å². The Balaban J connectivity index is 0.000000187. The first-order valence-corrected chi connectivity index (χ1v) is 7.73. The van der Waals surface area contributed by atoms with Gasteiger partial charge in [0.15, 0.2) is 11.6 Å². The molecule has 0 aliphatic heterocycles. The Labute approximate surface area is 173 Å². The van der Waals surface area contributed by atoms with Crippen LogP contribution in [0.1, 0.15) is 20.7 Å². The molecule has 0 atom stereocenters. The molecule has 18 radical (unpaired) electrons. The number of Topliss-reactive ketones (excluding diaryl/α,β-unsaturated/α-hetero) is 2. The van der Waals surface area contributed by atoms with Crippen LogP contribution in [0.25, 0.3) is 0 Å². The molecule has 2 fully saturated rings. The molecule has 0 unspecified atom stereocenters. The molecule has 0 spiro atoms. The van der Waals surface area contributed by atoms with Gasteiger partial charge in [-0.3, -0.25) is 9.59 Å². The molecule has 0 N–H and O–H groups in total. The summed E-state index contributed by atoms with van der Waals surface area (Å²) < 4.78 is 0. The zero-order valence-corrected chi connectivity index (χ0v) is 15.0. The third-order valence-corrected chi connectivity index (χ3v) is 3.40. The number of benzene rings is 2. The van der Waals surface area contributed by atoms with Gasteiger partial charge in [-0.15, -0.1) is 0 Å². The Morgan fingerprint density at radius 1 is 0.519 bits per heavy atom. The van der Waals surface area contributed by atoms with Crippen LogP contribution in [0.2, 0.25) is 0 Å². The third-order valence-electron chi connectivity index (χ3n) is 3.40. The fraction of sp³-hybridized carbons (Fsp3) is 0. The van der Waals surface area contributed by atoms with Crippen molar-refractivity contribution in [3.05, 3.63) is 135 Å². The van der Waals surface area contributed by atoms with Crippen LogP contribution in [0.15, 0.2) is 60.7 Å². The smallest absolute Gasteiger partial charge is 0.171 e. The Bertz CT molecular complexity index is 636. The monoisotopic (exact) mass is 386 g/mol. The Morgan fingerprint density at radius 3 is 1.11 bits per heavy atom. The maximum atomic E-state index is 11.6. The summed E-state index contributed by atoms with van der Waals surface area (Å²) in [7, 11) is 0. The molecule has 2 aliphatic rings. The van der Waals surface area contributed by atoms with Gasteiger partial charge < -0.3 is 0 Å². The Morgan fingerprint density at radius 2 is 0.815 bits per heavy atom. The van der Waals surface area contributed by atoms with Crippen molar-refractivity contribution >= 4 is 11.6 Å². The predicted molar refractivity (Wildman–Crippen MR) is 94.0 cm³/mol. The molecule has 27 heavy (non-hydrogen) atoms. The van der Waals surface area contributed by atoms with Crippen LogP contribution in [-0.4, -0.2) is 11.6 Å². The molecule has 2 nitrogen and oxygen atoms in total. The summed E-state index contributed by atoms with van der Waals surface area (Å²) in [5.74, 6) is 0.619. The minimum Gasteiger partial charge on any atom is -0.293 e. The van der Waals surface area contributed by atoms with Crippen molar-refractivity contribution in [3.63, 3.8) is 0 Å². The summed E-state index contributed by atoms with van der Waals surface area (Å²) in [5, 5.41) is 0. The van der Waals surface area contributed by atoms with E-state index in [-0.39, 0.29) is 28.6 Å². The minimum absolute atomic E-state index is 0. The van der Waals surface area contributed by atoms with E-state index in [0.717, 1.165) is 0 Å². The van der Waals surface area contributed by atoms with E-state index in [9.17, 15) is 9.59 Å². The van der Waals surface area contributed by atoms with Crippen LogP contribution in [0.4, 0.5) is 0 Å². The Kier molecular flexibility index (Phi) is 8.97. The van der Waals surface area contributed by atoms with Gasteiger partial charge in [0.05, 0.1) is 11.8 Å². The van der Waals surface area contributed by atoms with E-state index < -0.39 is 0 Å². The summed E-state index contributed by atoms with van der Waals surface area (Å²) in [4.78, 5) is 23.2. The van der Waals surface area contributed by atoms with Crippen LogP contribution >= 0.6 is 0 Å². The second kappa shape index (κ2) is 11.2. The molecule has 4 rings (SSSR count). The van der Waals surface area contributed by atoms with Crippen molar-refractivity contribution in [3.8, 4) is 0 Å². The fourth-order valence-electron chi connectivity index (χ4n) is 2.13. The maximum absolute atomic E-state index is 11.6. The molecule has 0 heterocycles. The van der Waals surface area contributed by atoms with Gasteiger partial charge in [-0.05, 0) is 0 Å². The summed E-state index contributed by atoms with van der Waals surface area (Å²) >= 11 is 0. The van der Waals surface area contributed by atoms with E-state index in [2.05, 4.69) is 51.4 Å². The molecule has 126 valence electrons. The molecule has 0 bridgehead atoms. The number of ketones is 2. The van der Waals surface area contributed by atoms with Crippen LogP contribution in [0, 0.1) is 63.2 Å². The van der Waals surface area contributed by atoms with Gasteiger partial charge in [-0.2, -0.15) is 0 Å². The molecule has 2 aliphatic carbocycles. The number of hydrogen-bond acceptors (Lipinski definition) is 2. The average molecular weight is 386 g/mol. The van der Waals surface area contributed by atoms with Crippen molar-refractivity contribution in [1.29, 1.82) is 0 Å². The number of carbonyl (C=O) groups excluding carboxylic acids is 2. The first kappa shape index (κ1) is 21.6. The fourth-order valence-corrected chi connectivity index (χ4v) is 2.13. The molecule has 2 saturated carbocycles. The predicted octanol–water partition coefficient (Wildman–Crippen LogP) is 3.56. The SMILES string of the molecule is O=C([C]1[C][C][C][C]1)c1ccccc1.O=C([C]1[C][C][C][C]1)c1ccccc1.[Fe]. The zero-order valence-electron chi connectivity index (χ0n) is 13.9. The Hall–Kier alpha value is -1.70. The molecule has 2 aromatic carbocycles. The molecular formula is C24H10FeO2. The molecule has 0 aromatic heterocycles. The molecule has 0 amide bonds. The molecule has 3 heteroatoms. The average Bonchev–Trinajstić information content (AvgIpc) is 3.43. The van der Waals surface area contributed by atoms with E-state index >= 15 is 0 Å². The third kappa shape index (κ3) is 6.16. The number of carbonyl (C=O) groups is 2. The largest absolute Gasteiger partial charge is 0.293 e.